The molecule has 5 aromatic carbocycles. The Morgan fingerprint density at radius 3 is 2.20 bits per heavy atom. The standard InChI is InChI=1S/C52H60N6O6/c53-45-18-8-9-19-46(45)56-49(61)21-7-2-1-6-20-48(60)54-33-38-12-10-13-40(30-38)41-14-11-15-42(31-41)50-63-44(32-47(64-50)39-24-22-37(35-59)23-25-39)34-57-28-26-52(27-29-57)51(62)55-36-58(52)43-16-4-3-5-17-43/h3-5,8-19,22-25,30-31,44,47,50,59H,1-2,6-7,20-21,26-29,32-36,53H2,(H,54,60)(H,55,62)(H,56,61). The van der Waals surface area contributed by atoms with Crippen LogP contribution in [0.3, 0.4) is 0 Å². The Balaban J connectivity index is 0.858. The van der Waals surface area contributed by atoms with Crippen molar-refractivity contribution in [3.63, 3.8) is 0 Å². The molecule has 3 aliphatic heterocycles. The van der Waals surface area contributed by atoms with Crippen LogP contribution < -0.4 is 26.6 Å². The molecule has 0 aromatic heterocycles. The minimum absolute atomic E-state index is 0.00801. The number of aliphatic hydroxyl groups is 1. The molecule has 64 heavy (non-hydrogen) atoms. The Morgan fingerprint density at radius 2 is 1.45 bits per heavy atom. The van der Waals surface area contributed by atoms with E-state index in [1.165, 1.54) is 0 Å². The van der Waals surface area contributed by atoms with Crippen LogP contribution in [-0.2, 0) is 37.0 Å². The molecule has 334 valence electrons. The van der Waals surface area contributed by atoms with E-state index >= 15 is 0 Å². The van der Waals surface area contributed by atoms with Gasteiger partial charge in [0.1, 0.15) is 5.54 Å². The van der Waals surface area contributed by atoms with Crippen LogP contribution >= 0.6 is 0 Å². The van der Waals surface area contributed by atoms with E-state index in [-0.39, 0.29) is 36.5 Å². The number of piperidine rings is 1. The monoisotopic (exact) mass is 864 g/mol. The van der Waals surface area contributed by atoms with Crippen LogP contribution in [-0.4, -0.2) is 65.7 Å². The summed E-state index contributed by atoms with van der Waals surface area (Å²) in [6.45, 7) is 3.19. The molecule has 12 nitrogen and oxygen atoms in total. The molecule has 0 aliphatic carbocycles. The molecule has 3 fully saturated rings. The van der Waals surface area contributed by atoms with E-state index in [2.05, 4.69) is 62.1 Å². The number of benzene rings is 5. The second-order valence-corrected chi connectivity index (χ2v) is 17.3. The molecule has 0 saturated carbocycles. The molecule has 3 amide bonds. The predicted molar refractivity (Wildman–Crippen MR) is 250 cm³/mol. The number of carbonyl (C=O) groups is 3. The fourth-order valence-corrected chi connectivity index (χ4v) is 9.22. The van der Waals surface area contributed by atoms with Gasteiger partial charge < -0.3 is 46.1 Å². The number of nitrogens with two attached hydrogens (primary N) is 1. The molecule has 12 heteroatoms. The lowest BCUT2D eigenvalue weighted by Gasteiger charge is -2.45. The zero-order chi connectivity index (χ0) is 44.3. The van der Waals surface area contributed by atoms with E-state index < -0.39 is 11.8 Å². The van der Waals surface area contributed by atoms with Crippen molar-refractivity contribution in [1.82, 2.24) is 15.5 Å². The maximum Gasteiger partial charge on any atom is 0.247 e. The van der Waals surface area contributed by atoms with E-state index in [4.69, 9.17) is 15.2 Å². The quantitative estimate of drug-likeness (QED) is 0.0462. The number of amides is 3. The Bertz CT molecular complexity index is 2350. The van der Waals surface area contributed by atoms with Crippen molar-refractivity contribution in [2.24, 2.45) is 0 Å². The van der Waals surface area contributed by atoms with Gasteiger partial charge in [-0.05, 0) is 89.9 Å². The normalized spacial score (nSPS) is 19.6. The van der Waals surface area contributed by atoms with Gasteiger partial charge in [0.2, 0.25) is 17.7 Å². The summed E-state index contributed by atoms with van der Waals surface area (Å²) in [6, 6.07) is 41.9. The van der Waals surface area contributed by atoms with Crippen LogP contribution in [0.2, 0.25) is 0 Å². The highest BCUT2D eigenvalue weighted by atomic mass is 16.7. The number of ether oxygens (including phenoxy) is 2. The van der Waals surface area contributed by atoms with Gasteiger partial charge in [0.05, 0.1) is 36.9 Å². The first kappa shape index (κ1) is 44.6. The van der Waals surface area contributed by atoms with Crippen molar-refractivity contribution >= 4 is 34.8 Å². The van der Waals surface area contributed by atoms with Gasteiger partial charge >= 0.3 is 0 Å². The minimum atomic E-state index is -0.611. The molecule has 3 saturated heterocycles. The number of carbonyl (C=O) groups excluding carboxylic acids is 3. The topological polar surface area (TPSA) is 158 Å². The van der Waals surface area contributed by atoms with Gasteiger partial charge in [-0.15, -0.1) is 0 Å². The maximum absolute atomic E-state index is 13.3. The molecule has 3 heterocycles. The first-order valence-corrected chi connectivity index (χ1v) is 22.7. The number of nitrogen functional groups attached to an aromatic ring is 1. The molecule has 3 aliphatic rings. The van der Waals surface area contributed by atoms with Gasteiger partial charge in [-0.2, -0.15) is 0 Å². The summed E-state index contributed by atoms with van der Waals surface area (Å²) >= 11 is 0. The van der Waals surface area contributed by atoms with Crippen molar-refractivity contribution in [3.8, 4) is 11.1 Å². The van der Waals surface area contributed by atoms with E-state index in [1.54, 1.807) is 12.1 Å². The lowest BCUT2D eigenvalue weighted by atomic mass is 9.85. The van der Waals surface area contributed by atoms with Crippen LogP contribution in [0.5, 0.6) is 0 Å². The lowest BCUT2D eigenvalue weighted by molar-refractivity contribution is -0.253. The summed E-state index contributed by atoms with van der Waals surface area (Å²) in [6.07, 6.45) is 5.29. The van der Waals surface area contributed by atoms with Gasteiger partial charge in [0.15, 0.2) is 6.29 Å². The molecule has 3 unspecified atom stereocenters. The molecule has 0 radical (unpaired) electrons. The van der Waals surface area contributed by atoms with Crippen molar-refractivity contribution in [2.75, 3.05) is 42.3 Å². The van der Waals surface area contributed by atoms with E-state index in [9.17, 15) is 19.5 Å². The third kappa shape index (κ3) is 11.0. The summed E-state index contributed by atoms with van der Waals surface area (Å²) < 4.78 is 13.5. The Hall–Kier alpha value is -6.05. The van der Waals surface area contributed by atoms with Crippen LogP contribution in [0, 0.1) is 0 Å². The first-order chi connectivity index (χ1) is 31.3. The van der Waals surface area contributed by atoms with Gasteiger partial charge in [-0.3, -0.25) is 14.4 Å². The first-order valence-electron chi connectivity index (χ1n) is 22.7. The fourth-order valence-electron chi connectivity index (χ4n) is 9.22. The predicted octanol–water partition coefficient (Wildman–Crippen LogP) is 8.00. The molecule has 5 aromatic rings. The second kappa shape index (κ2) is 21.1. The zero-order valence-electron chi connectivity index (χ0n) is 36.4. The summed E-state index contributed by atoms with van der Waals surface area (Å²) in [5.41, 5.74) is 13.5. The molecule has 3 atom stereocenters. The summed E-state index contributed by atoms with van der Waals surface area (Å²) in [5.74, 6) is 0.0584. The van der Waals surface area contributed by atoms with Crippen LogP contribution in [0.25, 0.3) is 11.1 Å². The highest BCUT2D eigenvalue weighted by molar-refractivity contribution is 5.94. The highest BCUT2D eigenvalue weighted by Crippen LogP contribution is 2.41. The SMILES string of the molecule is Nc1ccccc1NC(=O)CCCCCCC(=O)NCc1cccc(-c2cccc(C3OC(CN4CCC5(CC4)C(=O)NCN5c4ccccc4)CC(c4ccc(CO)cc4)O3)c2)c1. The molecule has 1 spiro atoms. The lowest BCUT2D eigenvalue weighted by Crippen LogP contribution is -2.57. The number of likely N-dealkylation sites (tertiary alicyclic amines) is 1. The average molecular weight is 865 g/mol. The minimum Gasteiger partial charge on any atom is -0.397 e. The number of nitrogens with zero attached hydrogens (tertiary/aromatic N) is 2. The molecule has 6 N–H and O–H groups in total. The Morgan fingerprint density at radius 1 is 0.750 bits per heavy atom. The average Bonchev–Trinajstić information content (AvgIpc) is 3.65. The third-order valence-corrected chi connectivity index (χ3v) is 12.9. The van der Waals surface area contributed by atoms with Crippen LogP contribution in [0.15, 0.2) is 127 Å². The summed E-state index contributed by atoms with van der Waals surface area (Å²) in [4.78, 5) is 43.1. The van der Waals surface area contributed by atoms with Crippen molar-refractivity contribution in [2.45, 2.75) is 95.0 Å². The number of hydrogen-bond acceptors (Lipinski definition) is 9. The fraction of sp³-hybridized carbons (Fsp3) is 0.365. The van der Waals surface area contributed by atoms with Gasteiger partial charge in [0.25, 0.3) is 0 Å². The number of aliphatic hydroxyl groups excluding tert-OH is 1. The van der Waals surface area contributed by atoms with E-state index in [1.807, 2.05) is 78.9 Å². The Kier molecular flexibility index (Phi) is 14.7. The van der Waals surface area contributed by atoms with Crippen molar-refractivity contribution in [1.29, 1.82) is 0 Å². The van der Waals surface area contributed by atoms with Crippen molar-refractivity contribution < 1.29 is 29.0 Å². The highest BCUT2D eigenvalue weighted by Gasteiger charge is 2.50. The smallest absolute Gasteiger partial charge is 0.247 e. The Labute approximate surface area is 376 Å². The zero-order valence-corrected chi connectivity index (χ0v) is 36.4. The number of unbranched alkanes of at least 4 members (excludes halogenated alkanes) is 3. The number of rotatable bonds is 17. The van der Waals surface area contributed by atoms with Gasteiger partial charge in [-0.25, -0.2) is 0 Å². The summed E-state index contributed by atoms with van der Waals surface area (Å²) in [7, 11) is 0. The number of para-hydroxylation sites is 3. The van der Waals surface area contributed by atoms with E-state index in [0.29, 0.717) is 50.4 Å². The second-order valence-electron chi connectivity index (χ2n) is 17.3. The molecular weight excluding hydrogens is 805 g/mol. The number of anilines is 3. The largest absolute Gasteiger partial charge is 0.397 e. The molecule has 0 bridgehead atoms. The molecule has 8 rings (SSSR count). The number of hydrogen-bond donors (Lipinski definition) is 5. The number of nitrogens with one attached hydrogen (secondary N) is 3. The third-order valence-electron chi connectivity index (χ3n) is 12.9. The summed E-state index contributed by atoms with van der Waals surface area (Å²) in [5, 5.41) is 18.8. The van der Waals surface area contributed by atoms with Crippen LogP contribution in [0.4, 0.5) is 17.1 Å². The van der Waals surface area contributed by atoms with E-state index in [0.717, 1.165) is 90.7 Å². The maximum atomic E-state index is 13.3. The molecular formula is C52H60N6O6. The van der Waals surface area contributed by atoms with Gasteiger partial charge in [-0.1, -0.05) is 104 Å². The van der Waals surface area contributed by atoms with Gasteiger partial charge in [0, 0.05) is 56.7 Å². The van der Waals surface area contributed by atoms with Crippen molar-refractivity contribution in [3.05, 3.63) is 150 Å². The van der Waals surface area contributed by atoms with Crippen LogP contribution in [0.1, 0.15) is 92.4 Å².